The summed E-state index contributed by atoms with van der Waals surface area (Å²) in [5.41, 5.74) is -1.28. The van der Waals surface area contributed by atoms with Crippen LogP contribution < -0.4 is 15.4 Å². The minimum Gasteiger partial charge on any atom is -0.434 e. The number of nitrogens with one attached hydrogen (secondary N) is 2. The number of halogens is 3. The van der Waals surface area contributed by atoms with E-state index in [9.17, 15) is 23.1 Å². The van der Waals surface area contributed by atoms with Gasteiger partial charge in [-0.05, 0) is 25.0 Å². The molecule has 0 aliphatic heterocycles. The van der Waals surface area contributed by atoms with Gasteiger partial charge in [0.2, 0.25) is 0 Å². The van der Waals surface area contributed by atoms with Crippen molar-refractivity contribution in [3.63, 3.8) is 0 Å². The Morgan fingerprint density at radius 2 is 2.00 bits per heavy atom. The lowest BCUT2D eigenvalue weighted by Gasteiger charge is -2.27. The highest BCUT2D eigenvalue weighted by Gasteiger charge is 2.25. The first-order valence-corrected chi connectivity index (χ1v) is 7.09. The van der Waals surface area contributed by atoms with Gasteiger partial charge in [0.1, 0.15) is 11.6 Å². The van der Waals surface area contributed by atoms with Crippen LogP contribution in [0.1, 0.15) is 26.3 Å². The molecule has 8 heteroatoms. The molecule has 0 aromatic heterocycles. The van der Waals surface area contributed by atoms with Crippen LogP contribution in [-0.4, -0.2) is 29.9 Å². The van der Waals surface area contributed by atoms with Crippen molar-refractivity contribution < 1.29 is 27.8 Å². The minimum absolute atomic E-state index is 0.00579. The molecule has 3 N–H and O–H groups in total. The Morgan fingerprint density at radius 1 is 1.35 bits per heavy atom. The van der Waals surface area contributed by atoms with E-state index in [1.165, 1.54) is 12.1 Å². The highest BCUT2D eigenvalue weighted by Crippen LogP contribution is 2.23. The van der Waals surface area contributed by atoms with Gasteiger partial charge in [0.05, 0.1) is 12.1 Å². The summed E-state index contributed by atoms with van der Waals surface area (Å²) in [5, 5.41) is 14.8. The summed E-state index contributed by atoms with van der Waals surface area (Å²) >= 11 is 0. The van der Waals surface area contributed by atoms with Gasteiger partial charge in [-0.3, -0.25) is 0 Å². The summed E-state index contributed by atoms with van der Waals surface area (Å²) < 4.78 is 42.5. The van der Waals surface area contributed by atoms with E-state index in [-0.39, 0.29) is 30.3 Å². The molecule has 1 atom stereocenters. The van der Waals surface area contributed by atoms with E-state index >= 15 is 0 Å². The Kier molecular flexibility index (Phi) is 6.68. The smallest absolute Gasteiger partial charge is 0.387 e. The van der Waals surface area contributed by atoms with Gasteiger partial charge in [0.15, 0.2) is 0 Å². The zero-order chi connectivity index (χ0) is 17.6. The van der Waals surface area contributed by atoms with E-state index in [2.05, 4.69) is 15.4 Å². The standard InChI is InChI=1S/C15H21F3N2O3/c1-9(2)15(3,22)8-20-14(21)19-7-10-11(16)5-4-6-12(10)23-13(17)18/h4-6,9,13,22H,7-8H2,1-3H3,(H2,19,20,21). The third-order valence-corrected chi connectivity index (χ3v) is 3.57. The van der Waals surface area contributed by atoms with E-state index in [0.717, 1.165) is 6.07 Å². The van der Waals surface area contributed by atoms with Gasteiger partial charge in [0, 0.05) is 12.1 Å². The van der Waals surface area contributed by atoms with Crippen molar-refractivity contribution in [1.82, 2.24) is 10.6 Å². The number of hydrogen-bond donors (Lipinski definition) is 3. The van der Waals surface area contributed by atoms with Gasteiger partial charge in [0.25, 0.3) is 0 Å². The number of carbonyl (C=O) groups is 1. The van der Waals surface area contributed by atoms with Gasteiger partial charge >= 0.3 is 12.6 Å². The average Bonchev–Trinajstić information content (AvgIpc) is 2.44. The van der Waals surface area contributed by atoms with E-state index in [1.807, 2.05) is 0 Å². The number of benzene rings is 1. The summed E-state index contributed by atoms with van der Waals surface area (Å²) in [7, 11) is 0. The molecule has 0 spiro atoms. The number of ether oxygens (including phenoxy) is 1. The number of aliphatic hydroxyl groups is 1. The Hall–Kier alpha value is -1.96. The van der Waals surface area contributed by atoms with Crippen LogP contribution in [0.4, 0.5) is 18.0 Å². The first kappa shape index (κ1) is 19.1. The van der Waals surface area contributed by atoms with Crippen molar-refractivity contribution in [1.29, 1.82) is 0 Å². The monoisotopic (exact) mass is 334 g/mol. The number of carbonyl (C=O) groups excluding carboxylic acids is 1. The second-order valence-corrected chi connectivity index (χ2v) is 5.64. The molecule has 2 amide bonds. The number of urea groups is 1. The Labute approximate surface area is 132 Å². The Balaban J connectivity index is 2.63. The van der Waals surface area contributed by atoms with Crippen LogP contribution in [0.5, 0.6) is 5.75 Å². The molecule has 0 saturated carbocycles. The van der Waals surface area contributed by atoms with Crippen molar-refractivity contribution in [2.45, 2.75) is 39.5 Å². The molecule has 5 nitrogen and oxygen atoms in total. The third kappa shape index (κ3) is 5.97. The molecular weight excluding hydrogens is 313 g/mol. The Morgan fingerprint density at radius 3 is 2.57 bits per heavy atom. The van der Waals surface area contributed by atoms with E-state index in [4.69, 9.17) is 0 Å². The maximum Gasteiger partial charge on any atom is 0.387 e. The molecule has 1 aromatic carbocycles. The van der Waals surface area contributed by atoms with Crippen molar-refractivity contribution >= 4 is 6.03 Å². The molecule has 1 unspecified atom stereocenters. The molecule has 1 rings (SSSR count). The summed E-state index contributed by atoms with van der Waals surface area (Å²) in [6, 6.07) is 2.85. The molecular formula is C15H21F3N2O3. The van der Waals surface area contributed by atoms with Crippen molar-refractivity contribution in [2.24, 2.45) is 5.92 Å². The van der Waals surface area contributed by atoms with Crippen LogP contribution in [0.25, 0.3) is 0 Å². The number of rotatable bonds is 7. The van der Waals surface area contributed by atoms with Crippen molar-refractivity contribution in [3.8, 4) is 5.75 Å². The second-order valence-electron chi connectivity index (χ2n) is 5.64. The van der Waals surface area contributed by atoms with Crippen molar-refractivity contribution in [3.05, 3.63) is 29.6 Å². The molecule has 0 aliphatic carbocycles. The minimum atomic E-state index is -3.09. The lowest BCUT2D eigenvalue weighted by Crippen LogP contribution is -2.47. The summed E-state index contributed by atoms with van der Waals surface area (Å²) in [5.74, 6) is -1.19. The maximum absolute atomic E-state index is 13.7. The SMILES string of the molecule is CC(C)C(C)(O)CNC(=O)NCc1c(F)cccc1OC(F)F. The molecule has 0 radical (unpaired) electrons. The van der Waals surface area contributed by atoms with E-state index < -0.39 is 24.1 Å². The lowest BCUT2D eigenvalue weighted by atomic mass is 9.93. The molecule has 0 aliphatic rings. The molecule has 23 heavy (non-hydrogen) atoms. The highest BCUT2D eigenvalue weighted by atomic mass is 19.3. The third-order valence-electron chi connectivity index (χ3n) is 3.57. The van der Waals surface area contributed by atoms with Crippen LogP contribution in [0.3, 0.4) is 0 Å². The molecule has 0 heterocycles. The predicted molar refractivity (Wildman–Crippen MR) is 78.7 cm³/mol. The normalized spacial score (nSPS) is 13.8. The van der Waals surface area contributed by atoms with Gasteiger partial charge in [-0.25, -0.2) is 9.18 Å². The van der Waals surface area contributed by atoms with Crippen LogP contribution in [0.2, 0.25) is 0 Å². The largest absolute Gasteiger partial charge is 0.434 e. The fraction of sp³-hybridized carbons (Fsp3) is 0.533. The molecule has 1 aromatic rings. The maximum atomic E-state index is 13.7. The number of alkyl halides is 2. The summed E-state index contributed by atoms with van der Waals surface area (Å²) in [4.78, 5) is 11.7. The first-order valence-electron chi connectivity index (χ1n) is 7.09. The number of hydrogen-bond acceptors (Lipinski definition) is 3. The van der Waals surface area contributed by atoms with Gasteiger partial charge in [-0.15, -0.1) is 0 Å². The highest BCUT2D eigenvalue weighted by molar-refractivity contribution is 5.74. The summed E-state index contributed by atoms with van der Waals surface area (Å²) in [6.45, 7) is 1.74. The fourth-order valence-corrected chi connectivity index (χ4v) is 1.61. The average molecular weight is 334 g/mol. The summed E-state index contributed by atoms with van der Waals surface area (Å²) in [6.07, 6.45) is 0. The van der Waals surface area contributed by atoms with Crippen LogP contribution in [-0.2, 0) is 6.54 Å². The topological polar surface area (TPSA) is 70.6 Å². The number of amides is 2. The second kappa shape index (κ2) is 8.05. The van der Waals surface area contributed by atoms with Crippen LogP contribution in [0.15, 0.2) is 18.2 Å². The molecule has 0 fully saturated rings. The van der Waals surface area contributed by atoms with Gasteiger partial charge in [-0.2, -0.15) is 8.78 Å². The zero-order valence-electron chi connectivity index (χ0n) is 13.2. The van der Waals surface area contributed by atoms with Crippen LogP contribution in [0, 0.1) is 11.7 Å². The van der Waals surface area contributed by atoms with E-state index in [0.29, 0.717) is 0 Å². The predicted octanol–water partition coefficient (Wildman–Crippen LogP) is 2.63. The first-order chi connectivity index (χ1) is 10.6. The Bertz CT molecular complexity index is 537. The lowest BCUT2D eigenvalue weighted by molar-refractivity contribution is -0.0506. The quantitative estimate of drug-likeness (QED) is 0.718. The molecule has 0 bridgehead atoms. The van der Waals surface area contributed by atoms with Gasteiger partial charge in [-0.1, -0.05) is 19.9 Å². The van der Waals surface area contributed by atoms with Gasteiger partial charge < -0.3 is 20.5 Å². The molecule has 130 valence electrons. The van der Waals surface area contributed by atoms with Crippen LogP contribution >= 0.6 is 0 Å². The van der Waals surface area contributed by atoms with E-state index in [1.54, 1.807) is 20.8 Å². The zero-order valence-corrected chi connectivity index (χ0v) is 13.2. The fourth-order valence-electron chi connectivity index (χ4n) is 1.61. The van der Waals surface area contributed by atoms with Crippen molar-refractivity contribution in [2.75, 3.05) is 6.54 Å². The molecule has 0 saturated heterocycles.